The maximum Gasteiger partial charge on any atom is 0.248 e. The summed E-state index contributed by atoms with van der Waals surface area (Å²) in [6.45, 7) is 0. The molecule has 0 atom stereocenters. The summed E-state index contributed by atoms with van der Waals surface area (Å²) in [5.41, 5.74) is 1.59. The quantitative estimate of drug-likeness (QED) is 0.372. The summed E-state index contributed by atoms with van der Waals surface area (Å²) in [5, 5.41) is 10.7. The van der Waals surface area contributed by atoms with Crippen LogP contribution in [0.4, 0.5) is 0 Å². The van der Waals surface area contributed by atoms with E-state index in [-0.39, 0.29) is 0 Å². The van der Waals surface area contributed by atoms with Gasteiger partial charge in [-0.25, -0.2) is 0 Å². The number of hydrogen-bond donors (Lipinski definition) is 0. The second-order valence-electron chi connectivity index (χ2n) is 7.11. The minimum absolute atomic E-state index is 0.397. The maximum absolute atomic E-state index is 14.6. The zero-order chi connectivity index (χ0) is 21.1. The Morgan fingerprint density at radius 3 is 1.55 bits per heavy atom. The highest BCUT2D eigenvalue weighted by Crippen LogP contribution is 2.42. The van der Waals surface area contributed by atoms with Gasteiger partial charge in [-0.1, -0.05) is 91.0 Å². The molecule has 0 spiro atoms. The Kier molecular flexibility index (Phi) is 5.07. The fourth-order valence-corrected chi connectivity index (χ4v) is 6.29. The van der Waals surface area contributed by atoms with Crippen molar-refractivity contribution in [1.29, 1.82) is 0 Å². The van der Waals surface area contributed by atoms with Crippen LogP contribution < -0.4 is 15.9 Å². The molecule has 0 amide bonds. The molecule has 4 nitrogen and oxygen atoms in total. The topological polar surface area (TPSA) is 56.0 Å². The van der Waals surface area contributed by atoms with Gasteiger partial charge in [-0.15, -0.1) is 10.2 Å². The molecule has 5 rings (SSSR count). The van der Waals surface area contributed by atoms with E-state index in [4.69, 9.17) is 4.42 Å². The van der Waals surface area contributed by atoms with Crippen molar-refractivity contribution in [2.75, 3.05) is 0 Å². The molecule has 0 fully saturated rings. The Labute approximate surface area is 180 Å². The average Bonchev–Trinajstić information content (AvgIpc) is 3.36. The molecule has 0 aliphatic rings. The second-order valence-corrected chi connectivity index (χ2v) is 9.88. The van der Waals surface area contributed by atoms with E-state index >= 15 is 0 Å². The van der Waals surface area contributed by atoms with E-state index in [9.17, 15) is 4.57 Å². The lowest BCUT2D eigenvalue weighted by atomic mass is 10.2. The number of rotatable bonds is 5. The van der Waals surface area contributed by atoms with E-state index in [2.05, 4.69) is 10.2 Å². The van der Waals surface area contributed by atoms with Gasteiger partial charge in [0.15, 0.2) is 7.14 Å². The summed E-state index contributed by atoms with van der Waals surface area (Å²) in [4.78, 5) is 0. The standard InChI is InChI=1S/C26H19N2O2P/c29-31(22-14-6-2-7-15-22,23-16-8-3-9-17-23)24-18-10-13-21(19-24)26-28-27-25(30-26)20-11-4-1-5-12-20/h1-19H. The van der Waals surface area contributed by atoms with Crippen LogP contribution in [0.15, 0.2) is 120 Å². The summed E-state index contributed by atoms with van der Waals surface area (Å²) in [6.07, 6.45) is 0. The van der Waals surface area contributed by atoms with Gasteiger partial charge in [0.05, 0.1) is 0 Å². The molecule has 31 heavy (non-hydrogen) atoms. The van der Waals surface area contributed by atoms with E-state index in [1.165, 1.54) is 0 Å². The SMILES string of the molecule is O=P(c1ccccc1)(c1ccccc1)c1cccc(-c2nnc(-c3ccccc3)o2)c1. The van der Waals surface area contributed by atoms with Crippen LogP contribution in [-0.4, -0.2) is 10.2 Å². The van der Waals surface area contributed by atoms with Gasteiger partial charge < -0.3 is 8.98 Å². The Balaban J connectivity index is 1.62. The fourth-order valence-electron chi connectivity index (χ4n) is 3.60. The molecule has 0 radical (unpaired) electrons. The van der Waals surface area contributed by atoms with Gasteiger partial charge in [0.25, 0.3) is 0 Å². The zero-order valence-corrected chi connectivity index (χ0v) is 17.5. The monoisotopic (exact) mass is 422 g/mol. The Morgan fingerprint density at radius 2 is 0.968 bits per heavy atom. The lowest BCUT2D eigenvalue weighted by Gasteiger charge is -2.20. The van der Waals surface area contributed by atoms with Crippen molar-refractivity contribution in [1.82, 2.24) is 10.2 Å². The summed E-state index contributed by atoms with van der Waals surface area (Å²) in [7, 11) is -3.06. The normalized spacial score (nSPS) is 11.4. The number of hydrogen-bond acceptors (Lipinski definition) is 4. The Morgan fingerprint density at radius 1 is 0.516 bits per heavy atom. The summed E-state index contributed by atoms with van der Waals surface area (Å²) < 4.78 is 20.5. The second kappa shape index (κ2) is 8.17. The molecular formula is C26H19N2O2P. The number of nitrogens with zero attached hydrogens (tertiary/aromatic N) is 2. The Hall–Kier alpha value is -3.75. The van der Waals surface area contributed by atoms with Gasteiger partial charge in [-0.05, 0) is 24.3 Å². The smallest absolute Gasteiger partial charge is 0.248 e. The predicted molar refractivity (Wildman–Crippen MR) is 125 cm³/mol. The summed E-state index contributed by atoms with van der Waals surface area (Å²) in [5.74, 6) is 0.851. The molecule has 0 aliphatic carbocycles. The van der Waals surface area contributed by atoms with E-state index in [0.717, 1.165) is 27.0 Å². The summed E-state index contributed by atoms with van der Waals surface area (Å²) >= 11 is 0. The first-order valence-electron chi connectivity index (χ1n) is 9.96. The van der Waals surface area contributed by atoms with E-state index in [1.807, 2.05) is 115 Å². The first-order valence-corrected chi connectivity index (χ1v) is 11.7. The average molecular weight is 422 g/mol. The van der Waals surface area contributed by atoms with E-state index in [0.29, 0.717) is 11.8 Å². The number of aromatic nitrogens is 2. The van der Waals surface area contributed by atoms with Gasteiger partial charge in [0.1, 0.15) is 0 Å². The van der Waals surface area contributed by atoms with Gasteiger partial charge >= 0.3 is 0 Å². The van der Waals surface area contributed by atoms with Gasteiger partial charge in [0, 0.05) is 27.0 Å². The Bertz CT molecular complexity index is 1310. The molecule has 1 aromatic heterocycles. The van der Waals surface area contributed by atoms with Crippen molar-refractivity contribution in [2.24, 2.45) is 0 Å². The van der Waals surface area contributed by atoms with Crippen molar-refractivity contribution in [3.63, 3.8) is 0 Å². The molecule has 0 aliphatic heterocycles. The molecule has 1 heterocycles. The highest BCUT2D eigenvalue weighted by atomic mass is 31.2. The first-order chi connectivity index (χ1) is 15.2. The molecule has 4 aromatic carbocycles. The molecule has 0 saturated carbocycles. The molecule has 150 valence electrons. The van der Waals surface area contributed by atoms with Gasteiger partial charge in [-0.2, -0.15) is 0 Å². The maximum atomic E-state index is 14.6. The molecule has 0 bridgehead atoms. The van der Waals surface area contributed by atoms with Crippen LogP contribution in [0.2, 0.25) is 0 Å². The zero-order valence-electron chi connectivity index (χ0n) is 16.6. The van der Waals surface area contributed by atoms with Gasteiger partial charge in [-0.3, -0.25) is 0 Å². The lowest BCUT2D eigenvalue weighted by molar-refractivity contribution is 0.584. The molecular weight excluding hydrogens is 403 g/mol. The predicted octanol–water partition coefficient (Wildman–Crippen LogP) is 5.04. The van der Waals surface area contributed by atoms with Crippen molar-refractivity contribution < 1.29 is 8.98 Å². The molecule has 0 unspecified atom stereocenters. The lowest BCUT2D eigenvalue weighted by Crippen LogP contribution is -2.25. The summed E-state index contributed by atoms with van der Waals surface area (Å²) in [6, 6.07) is 36.4. The third-order valence-corrected chi connectivity index (χ3v) is 8.20. The van der Waals surface area contributed by atoms with Crippen molar-refractivity contribution in [3.8, 4) is 22.9 Å². The van der Waals surface area contributed by atoms with Gasteiger partial charge in [0.2, 0.25) is 11.8 Å². The third-order valence-electron chi connectivity index (χ3n) is 5.14. The van der Waals surface area contributed by atoms with Crippen LogP contribution in [0.3, 0.4) is 0 Å². The van der Waals surface area contributed by atoms with E-state index in [1.54, 1.807) is 0 Å². The van der Waals surface area contributed by atoms with E-state index < -0.39 is 7.14 Å². The highest BCUT2D eigenvalue weighted by molar-refractivity contribution is 7.85. The first kappa shape index (κ1) is 19.2. The molecule has 5 heteroatoms. The van der Waals surface area contributed by atoms with Crippen LogP contribution in [-0.2, 0) is 4.57 Å². The van der Waals surface area contributed by atoms with Crippen LogP contribution in [0, 0.1) is 0 Å². The third kappa shape index (κ3) is 3.63. The molecule has 0 N–H and O–H groups in total. The van der Waals surface area contributed by atoms with Crippen molar-refractivity contribution >= 4 is 23.1 Å². The van der Waals surface area contributed by atoms with Crippen LogP contribution in [0.25, 0.3) is 22.9 Å². The fraction of sp³-hybridized carbons (Fsp3) is 0. The molecule has 5 aromatic rings. The number of benzene rings is 4. The largest absolute Gasteiger partial charge is 0.416 e. The van der Waals surface area contributed by atoms with Crippen LogP contribution in [0.5, 0.6) is 0 Å². The van der Waals surface area contributed by atoms with Crippen LogP contribution in [0.1, 0.15) is 0 Å². The minimum atomic E-state index is -3.06. The van der Waals surface area contributed by atoms with Crippen molar-refractivity contribution in [3.05, 3.63) is 115 Å². The van der Waals surface area contributed by atoms with Crippen LogP contribution >= 0.6 is 7.14 Å². The molecule has 0 saturated heterocycles. The van der Waals surface area contributed by atoms with Crippen molar-refractivity contribution in [2.45, 2.75) is 0 Å². The minimum Gasteiger partial charge on any atom is -0.416 e. The highest BCUT2D eigenvalue weighted by Gasteiger charge is 2.30.